The van der Waals surface area contributed by atoms with Crippen molar-refractivity contribution in [1.82, 2.24) is 0 Å². The zero-order valence-corrected chi connectivity index (χ0v) is 11.5. The minimum atomic E-state index is -4.48. The van der Waals surface area contributed by atoms with Crippen LogP contribution >= 0.6 is 0 Å². The molecule has 0 fully saturated rings. The Kier molecular flexibility index (Phi) is 3.90. The van der Waals surface area contributed by atoms with Crippen molar-refractivity contribution < 1.29 is 17.9 Å². The zero-order chi connectivity index (χ0) is 15.6. The highest BCUT2D eigenvalue weighted by Gasteiger charge is 2.31. The summed E-state index contributed by atoms with van der Waals surface area (Å²) in [6, 6.07) is 10.0. The molecule has 0 radical (unpaired) electrons. The Labute approximate surface area is 120 Å². The number of alkyl halides is 3. The predicted octanol–water partition coefficient (Wildman–Crippen LogP) is 4.99. The highest BCUT2D eigenvalue weighted by molar-refractivity contribution is 5.49. The number of benzene rings is 2. The van der Waals surface area contributed by atoms with Crippen LogP contribution in [0.15, 0.2) is 36.4 Å². The third-order valence-electron chi connectivity index (χ3n) is 3.20. The molecule has 2 aromatic rings. The summed E-state index contributed by atoms with van der Waals surface area (Å²) in [6.45, 7) is 3.75. The van der Waals surface area contributed by atoms with E-state index >= 15 is 0 Å². The fourth-order valence-corrected chi connectivity index (χ4v) is 1.84. The second kappa shape index (κ2) is 5.49. The van der Waals surface area contributed by atoms with Crippen LogP contribution in [0.1, 0.15) is 22.3 Å². The lowest BCUT2D eigenvalue weighted by Gasteiger charge is -2.13. The molecule has 0 aliphatic rings. The van der Waals surface area contributed by atoms with Gasteiger partial charge in [-0.25, -0.2) is 0 Å². The van der Waals surface area contributed by atoms with Crippen LogP contribution < -0.4 is 4.74 Å². The Morgan fingerprint density at radius 1 is 1.05 bits per heavy atom. The quantitative estimate of drug-likeness (QED) is 0.781. The van der Waals surface area contributed by atoms with E-state index < -0.39 is 11.7 Å². The first kappa shape index (κ1) is 14.9. The molecule has 5 heteroatoms. The van der Waals surface area contributed by atoms with Gasteiger partial charge in [-0.3, -0.25) is 0 Å². The fraction of sp³-hybridized carbons (Fsp3) is 0.188. The molecule has 0 amide bonds. The van der Waals surface area contributed by atoms with Crippen LogP contribution in [0.25, 0.3) is 0 Å². The summed E-state index contributed by atoms with van der Waals surface area (Å²) < 4.78 is 43.5. The van der Waals surface area contributed by atoms with Crippen molar-refractivity contribution in [3.05, 3.63) is 58.7 Å². The van der Waals surface area contributed by atoms with E-state index in [4.69, 9.17) is 10.00 Å². The van der Waals surface area contributed by atoms with Gasteiger partial charge in [-0.2, -0.15) is 18.4 Å². The number of hydrogen-bond donors (Lipinski definition) is 0. The normalized spacial score (nSPS) is 11.0. The topological polar surface area (TPSA) is 33.0 Å². The van der Waals surface area contributed by atoms with Crippen LogP contribution in [0, 0.1) is 25.2 Å². The maximum Gasteiger partial charge on any atom is 0.416 e. The summed E-state index contributed by atoms with van der Waals surface area (Å²) in [5.41, 5.74) is 0.859. The van der Waals surface area contributed by atoms with Gasteiger partial charge in [0.2, 0.25) is 0 Å². The molecule has 108 valence electrons. The summed E-state index contributed by atoms with van der Waals surface area (Å²) >= 11 is 0. The Hall–Kier alpha value is -2.48. The second-order valence-electron chi connectivity index (χ2n) is 4.62. The highest BCUT2D eigenvalue weighted by atomic mass is 19.4. The van der Waals surface area contributed by atoms with Crippen LogP contribution in [0.4, 0.5) is 13.2 Å². The van der Waals surface area contributed by atoms with Crippen LogP contribution in [0.3, 0.4) is 0 Å². The predicted molar refractivity (Wildman–Crippen MR) is 72.1 cm³/mol. The van der Waals surface area contributed by atoms with Crippen molar-refractivity contribution in [2.24, 2.45) is 0 Å². The smallest absolute Gasteiger partial charge is 0.416 e. The van der Waals surface area contributed by atoms with E-state index in [-0.39, 0.29) is 11.3 Å². The Bertz CT molecular complexity index is 714. The van der Waals surface area contributed by atoms with Gasteiger partial charge in [-0.1, -0.05) is 12.1 Å². The van der Waals surface area contributed by atoms with Gasteiger partial charge in [0.05, 0.1) is 11.1 Å². The van der Waals surface area contributed by atoms with Gasteiger partial charge < -0.3 is 4.74 Å². The van der Waals surface area contributed by atoms with E-state index in [0.29, 0.717) is 5.75 Å². The zero-order valence-electron chi connectivity index (χ0n) is 11.5. The largest absolute Gasteiger partial charge is 0.456 e. The number of rotatable bonds is 2. The van der Waals surface area contributed by atoms with Gasteiger partial charge >= 0.3 is 6.18 Å². The molecule has 21 heavy (non-hydrogen) atoms. The van der Waals surface area contributed by atoms with Crippen molar-refractivity contribution in [2.45, 2.75) is 20.0 Å². The highest BCUT2D eigenvalue weighted by Crippen LogP contribution is 2.34. The van der Waals surface area contributed by atoms with Crippen molar-refractivity contribution in [3.63, 3.8) is 0 Å². The minimum Gasteiger partial charge on any atom is -0.456 e. The monoisotopic (exact) mass is 291 g/mol. The van der Waals surface area contributed by atoms with Gasteiger partial charge in [0.25, 0.3) is 0 Å². The molecule has 2 aromatic carbocycles. The molecular formula is C16H12F3NO. The van der Waals surface area contributed by atoms with Crippen molar-refractivity contribution in [1.29, 1.82) is 5.26 Å². The third kappa shape index (κ3) is 3.16. The molecule has 0 saturated heterocycles. The Morgan fingerprint density at radius 2 is 1.76 bits per heavy atom. The summed E-state index contributed by atoms with van der Waals surface area (Å²) in [6.07, 6.45) is -4.48. The molecule has 2 rings (SSSR count). The van der Waals surface area contributed by atoms with E-state index in [1.807, 2.05) is 19.9 Å². The summed E-state index contributed by atoms with van der Waals surface area (Å²) in [5, 5.41) is 9.01. The Balaban J connectivity index is 2.42. The number of aryl methyl sites for hydroxylation is 1. The molecule has 2 nitrogen and oxygen atoms in total. The molecule has 0 N–H and O–H groups in total. The molecule has 0 atom stereocenters. The van der Waals surface area contributed by atoms with Crippen LogP contribution in [0.2, 0.25) is 0 Å². The number of nitrogens with zero attached hydrogens (tertiary/aromatic N) is 1. The maximum absolute atomic E-state index is 12.6. The van der Waals surface area contributed by atoms with Crippen LogP contribution in [-0.2, 0) is 6.18 Å². The average Bonchev–Trinajstić information content (AvgIpc) is 2.43. The maximum atomic E-state index is 12.6. The van der Waals surface area contributed by atoms with E-state index in [0.717, 1.165) is 23.3 Å². The molecule has 0 aromatic heterocycles. The lowest BCUT2D eigenvalue weighted by molar-refractivity contribution is -0.137. The van der Waals surface area contributed by atoms with Gasteiger partial charge in [0.1, 0.15) is 17.6 Å². The molecule has 0 saturated carbocycles. The second-order valence-corrected chi connectivity index (χ2v) is 4.62. The van der Waals surface area contributed by atoms with Gasteiger partial charge in [-0.05, 0) is 49.2 Å². The van der Waals surface area contributed by atoms with Crippen molar-refractivity contribution in [2.75, 3.05) is 0 Å². The third-order valence-corrected chi connectivity index (χ3v) is 3.20. The number of hydrogen-bond acceptors (Lipinski definition) is 2. The SMILES string of the molecule is Cc1cccc(Oc2ccc(C(F)(F)F)cc2C#N)c1C. The van der Waals surface area contributed by atoms with E-state index in [9.17, 15) is 13.2 Å². The standard InChI is InChI=1S/C16H12F3NO/c1-10-4-3-5-14(11(10)2)21-15-7-6-13(16(17,18)19)8-12(15)9-20/h3-8H,1-2H3. The molecule has 0 bridgehead atoms. The number of halogens is 3. The molecule has 0 unspecified atom stereocenters. The summed E-state index contributed by atoms with van der Waals surface area (Å²) in [5.74, 6) is 0.630. The molecule has 0 aliphatic heterocycles. The van der Waals surface area contributed by atoms with Crippen LogP contribution in [-0.4, -0.2) is 0 Å². The molecule has 0 spiro atoms. The average molecular weight is 291 g/mol. The molecular weight excluding hydrogens is 279 g/mol. The summed E-state index contributed by atoms with van der Waals surface area (Å²) in [4.78, 5) is 0. The minimum absolute atomic E-state index is 0.110. The fourth-order valence-electron chi connectivity index (χ4n) is 1.84. The van der Waals surface area contributed by atoms with Crippen LogP contribution in [0.5, 0.6) is 11.5 Å². The van der Waals surface area contributed by atoms with E-state index in [1.165, 1.54) is 6.07 Å². The van der Waals surface area contributed by atoms with Crippen molar-refractivity contribution in [3.8, 4) is 17.6 Å². The number of nitriles is 1. The van der Waals surface area contributed by atoms with E-state index in [1.54, 1.807) is 18.2 Å². The first-order chi connectivity index (χ1) is 9.82. The first-order valence-corrected chi connectivity index (χ1v) is 6.18. The number of ether oxygens (including phenoxy) is 1. The molecule has 0 heterocycles. The first-order valence-electron chi connectivity index (χ1n) is 6.18. The lowest BCUT2D eigenvalue weighted by atomic mass is 10.1. The van der Waals surface area contributed by atoms with Gasteiger partial charge in [0.15, 0.2) is 0 Å². The summed E-state index contributed by atoms with van der Waals surface area (Å²) in [7, 11) is 0. The molecule has 0 aliphatic carbocycles. The van der Waals surface area contributed by atoms with Gasteiger partial charge in [0, 0.05) is 0 Å². The van der Waals surface area contributed by atoms with E-state index in [2.05, 4.69) is 0 Å². The lowest BCUT2D eigenvalue weighted by Crippen LogP contribution is -2.05. The van der Waals surface area contributed by atoms with Crippen molar-refractivity contribution >= 4 is 0 Å². The van der Waals surface area contributed by atoms with Gasteiger partial charge in [-0.15, -0.1) is 0 Å². The Morgan fingerprint density at radius 3 is 2.38 bits per heavy atom.